The van der Waals surface area contributed by atoms with Crippen LogP contribution < -0.4 is 10.6 Å². The molecule has 2 heterocycles. The fraction of sp³-hybridized carbons (Fsp3) is 0.571. The second kappa shape index (κ2) is 8.62. The second-order valence-corrected chi connectivity index (χ2v) is 8.08. The van der Waals surface area contributed by atoms with Crippen molar-refractivity contribution in [2.45, 2.75) is 70.0 Å². The van der Waals surface area contributed by atoms with Crippen LogP contribution in [0.15, 0.2) is 18.2 Å². The molecular formula is C21H28ClN3O3. The minimum atomic E-state index is -0.243. The summed E-state index contributed by atoms with van der Waals surface area (Å²) in [5, 5.41) is 6.44. The van der Waals surface area contributed by atoms with Crippen LogP contribution in [-0.2, 0) is 0 Å². The highest BCUT2D eigenvalue weighted by Crippen LogP contribution is 2.31. The van der Waals surface area contributed by atoms with E-state index in [0.29, 0.717) is 22.7 Å². The molecule has 2 aliphatic heterocycles. The van der Waals surface area contributed by atoms with Gasteiger partial charge in [-0.25, -0.2) is 0 Å². The summed E-state index contributed by atoms with van der Waals surface area (Å²) < 4.78 is 0. The van der Waals surface area contributed by atoms with E-state index < -0.39 is 0 Å². The van der Waals surface area contributed by atoms with Gasteiger partial charge < -0.3 is 10.6 Å². The van der Waals surface area contributed by atoms with E-state index in [2.05, 4.69) is 17.6 Å². The third kappa shape index (κ3) is 3.94. The van der Waals surface area contributed by atoms with Crippen LogP contribution in [0, 0.1) is 0 Å². The summed E-state index contributed by atoms with van der Waals surface area (Å²) in [6.07, 6.45) is 6.83. The molecule has 1 saturated heterocycles. The van der Waals surface area contributed by atoms with Crippen LogP contribution >= 0.6 is 12.4 Å². The van der Waals surface area contributed by atoms with Crippen LogP contribution in [0.25, 0.3) is 0 Å². The Labute approximate surface area is 171 Å². The maximum atomic E-state index is 12.9. The lowest BCUT2D eigenvalue weighted by Gasteiger charge is -2.29. The lowest BCUT2D eigenvalue weighted by atomic mass is 9.94. The maximum absolute atomic E-state index is 12.9. The molecule has 4 rings (SSSR count). The Hall–Kier alpha value is -1.92. The van der Waals surface area contributed by atoms with E-state index in [-0.39, 0.29) is 42.2 Å². The van der Waals surface area contributed by atoms with Crippen LogP contribution in [-0.4, -0.2) is 47.3 Å². The first-order valence-corrected chi connectivity index (χ1v) is 10.1. The Morgan fingerprint density at radius 2 is 1.79 bits per heavy atom. The largest absolute Gasteiger partial charge is 0.349 e. The van der Waals surface area contributed by atoms with Gasteiger partial charge in [0, 0.05) is 23.7 Å². The summed E-state index contributed by atoms with van der Waals surface area (Å²) in [6, 6.07) is 5.41. The first-order chi connectivity index (χ1) is 13.0. The van der Waals surface area contributed by atoms with E-state index in [1.54, 1.807) is 18.2 Å². The Morgan fingerprint density at radius 1 is 1.07 bits per heavy atom. The average Bonchev–Trinajstić information content (AvgIpc) is 2.92. The number of carbonyl (C=O) groups excluding carboxylic acids is 3. The summed E-state index contributed by atoms with van der Waals surface area (Å²) in [6.45, 7) is 3.00. The van der Waals surface area contributed by atoms with Crippen molar-refractivity contribution >= 4 is 30.1 Å². The van der Waals surface area contributed by atoms with Crippen molar-refractivity contribution in [3.05, 3.63) is 34.9 Å². The number of amides is 3. The van der Waals surface area contributed by atoms with Crippen LogP contribution in [0.1, 0.15) is 82.9 Å². The number of rotatable bonds is 3. The molecule has 2 unspecified atom stereocenters. The summed E-state index contributed by atoms with van der Waals surface area (Å²) in [5.41, 5.74) is 1.25. The van der Waals surface area contributed by atoms with Crippen LogP contribution in [0.5, 0.6) is 0 Å². The van der Waals surface area contributed by atoms with Gasteiger partial charge in [0.2, 0.25) is 0 Å². The van der Waals surface area contributed by atoms with Gasteiger partial charge in [-0.3, -0.25) is 19.3 Å². The van der Waals surface area contributed by atoms with Crippen molar-refractivity contribution in [2.75, 3.05) is 6.54 Å². The number of imide groups is 1. The van der Waals surface area contributed by atoms with Crippen LogP contribution in [0.4, 0.5) is 0 Å². The highest BCUT2D eigenvalue weighted by Gasteiger charge is 2.40. The number of nitrogens with zero attached hydrogens (tertiary/aromatic N) is 1. The lowest BCUT2D eigenvalue weighted by molar-refractivity contribution is 0.0548. The molecule has 0 bridgehead atoms. The number of nitrogens with one attached hydrogen (secondary N) is 2. The minimum absolute atomic E-state index is 0. The van der Waals surface area contributed by atoms with E-state index in [1.165, 1.54) is 11.3 Å². The number of hydrogen-bond acceptors (Lipinski definition) is 4. The molecule has 3 amide bonds. The Morgan fingerprint density at radius 3 is 2.50 bits per heavy atom. The Bertz CT molecular complexity index is 776. The van der Waals surface area contributed by atoms with Crippen LogP contribution in [0.3, 0.4) is 0 Å². The molecule has 0 radical (unpaired) electrons. The summed E-state index contributed by atoms with van der Waals surface area (Å²) in [7, 11) is 0. The molecule has 7 heteroatoms. The summed E-state index contributed by atoms with van der Waals surface area (Å²) in [5.74, 6) is -0.624. The molecule has 2 N–H and O–H groups in total. The zero-order valence-electron chi connectivity index (χ0n) is 16.2. The monoisotopic (exact) mass is 405 g/mol. The summed E-state index contributed by atoms with van der Waals surface area (Å²) >= 11 is 0. The van der Waals surface area contributed by atoms with Gasteiger partial charge in [0.05, 0.1) is 11.1 Å². The molecule has 152 valence electrons. The number of benzene rings is 1. The standard InChI is InChI=1S/C21H27N3O3.ClH/c1-13-11-15(9-10-22-13)23-19(25)14-7-8-17-18(12-14)21(27)24(20(17)26)16-5-3-2-4-6-16;/h7-8,12-13,15-16,22H,2-6,9-11H2,1H3,(H,23,25);1H. The molecule has 1 aromatic carbocycles. The van der Waals surface area contributed by atoms with Crippen LogP contribution in [0.2, 0.25) is 0 Å². The molecular weight excluding hydrogens is 378 g/mol. The Balaban J connectivity index is 0.00000225. The van der Waals surface area contributed by atoms with E-state index in [0.717, 1.165) is 45.1 Å². The third-order valence-electron chi connectivity index (χ3n) is 6.08. The van der Waals surface area contributed by atoms with Crippen molar-refractivity contribution in [3.8, 4) is 0 Å². The second-order valence-electron chi connectivity index (χ2n) is 8.08. The molecule has 3 aliphatic rings. The smallest absolute Gasteiger partial charge is 0.261 e. The van der Waals surface area contributed by atoms with E-state index in [4.69, 9.17) is 0 Å². The number of hydrogen-bond donors (Lipinski definition) is 2. The minimum Gasteiger partial charge on any atom is -0.349 e. The fourth-order valence-electron chi connectivity index (χ4n) is 4.60. The van der Waals surface area contributed by atoms with Gasteiger partial charge >= 0.3 is 0 Å². The van der Waals surface area contributed by atoms with Gasteiger partial charge in [-0.2, -0.15) is 0 Å². The normalized spacial score (nSPS) is 25.2. The predicted molar refractivity (Wildman–Crippen MR) is 109 cm³/mol. The molecule has 0 spiro atoms. The molecule has 1 aromatic rings. The third-order valence-corrected chi connectivity index (χ3v) is 6.08. The zero-order valence-corrected chi connectivity index (χ0v) is 17.0. The molecule has 1 saturated carbocycles. The zero-order chi connectivity index (χ0) is 19.0. The topological polar surface area (TPSA) is 78.5 Å². The number of piperidine rings is 1. The SMILES string of the molecule is CC1CC(NC(=O)c2ccc3c(c2)C(=O)N(C2CCCCC2)C3=O)CCN1.Cl. The summed E-state index contributed by atoms with van der Waals surface area (Å²) in [4.78, 5) is 39.7. The average molecular weight is 406 g/mol. The maximum Gasteiger partial charge on any atom is 0.261 e. The molecule has 6 nitrogen and oxygen atoms in total. The van der Waals surface area contributed by atoms with Gasteiger partial charge in [0.15, 0.2) is 0 Å². The van der Waals surface area contributed by atoms with Crippen molar-refractivity contribution in [2.24, 2.45) is 0 Å². The molecule has 1 aliphatic carbocycles. The quantitative estimate of drug-likeness (QED) is 0.758. The lowest BCUT2D eigenvalue weighted by Crippen LogP contribution is -2.46. The predicted octanol–water partition coefficient (Wildman–Crippen LogP) is 2.91. The van der Waals surface area contributed by atoms with Crippen molar-refractivity contribution in [3.63, 3.8) is 0 Å². The van der Waals surface area contributed by atoms with Crippen molar-refractivity contribution in [1.29, 1.82) is 0 Å². The van der Waals surface area contributed by atoms with Gasteiger partial charge in [-0.05, 0) is 57.4 Å². The van der Waals surface area contributed by atoms with Gasteiger partial charge in [0.25, 0.3) is 17.7 Å². The van der Waals surface area contributed by atoms with Crippen molar-refractivity contribution < 1.29 is 14.4 Å². The van der Waals surface area contributed by atoms with Gasteiger partial charge in [-0.15, -0.1) is 12.4 Å². The van der Waals surface area contributed by atoms with Gasteiger partial charge in [0.1, 0.15) is 0 Å². The first kappa shape index (κ1) is 20.8. The number of halogens is 1. The number of fused-ring (bicyclic) bond motifs is 1. The molecule has 28 heavy (non-hydrogen) atoms. The van der Waals surface area contributed by atoms with Crippen molar-refractivity contribution in [1.82, 2.24) is 15.5 Å². The van der Waals surface area contributed by atoms with E-state index in [1.807, 2.05) is 0 Å². The van der Waals surface area contributed by atoms with E-state index in [9.17, 15) is 14.4 Å². The first-order valence-electron chi connectivity index (χ1n) is 10.1. The molecule has 2 fully saturated rings. The van der Waals surface area contributed by atoms with Gasteiger partial charge in [-0.1, -0.05) is 19.3 Å². The highest BCUT2D eigenvalue weighted by atomic mass is 35.5. The van der Waals surface area contributed by atoms with E-state index >= 15 is 0 Å². The fourth-order valence-corrected chi connectivity index (χ4v) is 4.60. The Kier molecular flexibility index (Phi) is 6.40. The molecule has 2 atom stereocenters. The molecule has 0 aromatic heterocycles. The number of carbonyl (C=O) groups is 3. The highest BCUT2D eigenvalue weighted by molar-refractivity contribution is 6.22.